The highest BCUT2D eigenvalue weighted by atomic mass is 32.1. The van der Waals surface area contributed by atoms with Crippen molar-refractivity contribution in [2.75, 3.05) is 26.2 Å². The highest BCUT2D eigenvalue weighted by Gasteiger charge is 2.15. The van der Waals surface area contributed by atoms with Gasteiger partial charge in [-0.15, -0.1) is 11.3 Å². The first-order valence-electron chi connectivity index (χ1n) is 7.78. The molecule has 0 aromatic carbocycles. The van der Waals surface area contributed by atoms with Crippen LogP contribution in [0.25, 0.3) is 0 Å². The van der Waals surface area contributed by atoms with Crippen molar-refractivity contribution in [2.45, 2.75) is 39.7 Å². The van der Waals surface area contributed by atoms with E-state index >= 15 is 0 Å². The summed E-state index contributed by atoms with van der Waals surface area (Å²) >= 11 is 1.61. The van der Waals surface area contributed by atoms with Crippen LogP contribution in [0.15, 0.2) is 5.38 Å². The van der Waals surface area contributed by atoms with Crippen LogP contribution in [0.2, 0.25) is 0 Å². The highest BCUT2D eigenvalue weighted by Crippen LogP contribution is 2.15. The third kappa shape index (κ3) is 6.01. The van der Waals surface area contributed by atoms with Crippen LogP contribution in [0.4, 0.5) is 4.79 Å². The lowest BCUT2D eigenvalue weighted by Gasteiger charge is -2.30. The Morgan fingerprint density at radius 1 is 1.52 bits per heavy atom. The van der Waals surface area contributed by atoms with Crippen LogP contribution in [0, 0.1) is 12.8 Å². The summed E-state index contributed by atoms with van der Waals surface area (Å²) in [4.78, 5) is 18.5. The van der Waals surface area contributed by atoms with Crippen LogP contribution in [0.3, 0.4) is 0 Å². The molecular weight excluding hydrogens is 284 g/mol. The molecule has 0 aliphatic carbocycles. The number of carbonyl (C=O) groups excluding carboxylic acids is 1. The first-order chi connectivity index (χ1) is 10.1. The Morgan fingerprint density at radius 2 is 2.38 bits per heavy atom. The molecule has 1 fully saturated rings. The number of hydrogen-bond acceptors (Lipinski definition) is 4. The Kier molecular flexibility index (Phi) is 6.45. The molecule has 5 nitrogen and oxygen atoms in total. The minimum absolute atomic E-state index is 0.104. The molecule has 1 atom stereocenters. The van der Waals surface area contributed by atoms with Crippen molar-refractivity contribution < 1.29 is 4.79 Å². The quantitative estimate of drug-likeness (QED) is 0.793. The van der Waals surface area contributed by atoms with Crippen molar-refractivity contribution in [1.82, 2.24) is 20.5 Å². The van der Waals surface area contributed by atoms with Crippen LogP contribution < -0.4 is 10.6 Å². The third-order valence-corrected chi connectivity index (χ3v) is 4.60. The number of aromatic nitrogens is 1. The lowest BCUT2D eigenvalue weighted by Crippen LogP contribution is -2.39. The Morgan fingerprint density at radius 3 is 3.10 bits per heavy atom. The van der Waals surface area contributed by atoms with E-state index in [-0.39, 0.29) is 6.03 Å². The van der Waals surface area contributed by atoms with E-state index < -0.39 is 0 Å². The average Bonchev–Trinajstić information content (AvgIpc) is 2.87. The minimum atomic E-state index is -0.104. The van der Waals surface area contributed by atoms with E-state index in [1.807, 2.05) is 12.3 Å². The predicted molar refractivity (Wildman–Crippen MR) is 86.5 cm³/mol. The molecule has 1 aliphatic heterocycles. The molecule has 1 saturated heterocycles. The molecule has 0 unspecified atom stereocenters. The zero-order valence-electron chi connectivity index (χ0n) is 13.0. The fourth-order valence-corrected chi connectivity index (χ4v) is 3.33. The summed E-state index contributed by atoms with van der Waals surface area (Å²) in [6.07, 6.45) is 3.67. The van der Waals surface area contributed by atoms with Gasteiger partial charge in [-0.25, -0.2) is 9.78 Å². The Balaban J connectivity index is 1.53. The van der Waals surface area contributed by atoms with Crippen LogP contribution in [0.1, 0.15) is 36.9 Å². The number of carbonyl (C=O) groups is 1. The van der Waals surface area contributed by atoms with Gasteiger partial charge in [0, 0.05) is 18.5 Å². The molecule has 0 bridgehead atoms. The van der Waals surface area contributed by atoms with Gasteiger partial charge in [-0.1, -0.05) is 6.92 Å². The molecule has 0 radical (unpaired) electrons. The summed E-state index contributed by atoms with van der Waals surface area (Å²) in [6, 6.07) is -0.104. The monoisotopic (exact) mass is 310 g/mol. The molecule has 6 heteroatoms. The second kappa shape index (κ2) is 8.34. The number of rotatable bonds is 6. The number of nitrogens with zero attached hydrogens (tertiary/aromatic N) is 2. The molecule has 21 heavy (non-hydrogen) atoms. The standard InChI is InChI=1S/C15H26N4OS/c1-12-5-3-7-19(10-12)8-4-6-16-15(20)17-9-14-11-21-13(2)18-14/h11-12H,3-10H2,1-2H3,(H2,16,17,20)/t12-/m1/s1. The van der Waals surface area contributed by atoms with Crippen LogP contribution in [-0.2, 0) is 6.54 Å². The lowest BCUT2D eigenvalue weighted by molar-refractivity contribution is 0.181. The topological polar surface area (TPSA) is 57.3 Å². The van der Waals surface area contributed by atoms with Crippen molar-refractivity contribution in [3.63, 3.8) is 0 Å². The third-order valence-electron chi connectivity index (χ3n) is 3.77. The number of likely N-dealkylation sites (tertiary alicyclic amines) is 1. The molecule has 118 valence electrons. The first-order valence-corrected chi connectivity index (χ1v) is 8.66. The number of nitrogens with one attached hydrogen (secondary N) is 2. The molecule has 2 rings (SSSR count). The van der Waals surface area contributed by atoms with E-state index in [9.17, 15) is 4.79 Å². The minimum Gasteiger partial charge on any atom is -0.338 e. The van der Waals surface area contributed by atoms with Gasteiger partial charge in [-0.05, 0) is 45.2 Å². The molecule has 2 heterocycles. The van der Waals surface area contributed by atoms with Gasteiger partial charge in [0.05, 0.1) is 17.2 Å². The smallest absolute Gasteiger partial charge is 0.315 e. The van der Waals surface area contributed by atoms with E-state index in [1.54, 1.807) is 11.3 Å². The van der Waals surface area contributed by atoms with E-state index in [2.05, 4.69) is 27.4 Å². The molecule has 0 spiro atoms. The van der Waals surface area contributed by atoms with Gasteiger partial charge in [0.1, 0.15) is 0 Å². The molecule has 0 saturated carbocycles. The van der Waals surface area contributed by atoms with Gasteiger partial charge in [0.25, 0.3) is 0 Å². The zero-order chi connectivity index (χ0) is 15.1. The number of hydrogen-bond donors (Lipinski definition) is 2. The van der Waals surface area contributed by atoms with E-state index in [1.165, 1.54) is 25.9 Å². The number of aryl methyl sites for hydroxylation is 1. The van der Waals surface area contributed by atoms with Crippen LogP contribution in [0.5, 0.6) is 0 Å². The van der Waals surface area contributed by atoms with Crippen molar-refractivity contribution >= 4 is 17.4 Å². The van der Waals surface area contributed by atoms with Gasteiger partial charge >= 0.3 is 6.03 Å². The zero-order valence-corrected chi connectivity index (χ0v) is 13.8. The lowest BCUT2D eigenvalue weighted by atomic mass is 10.0. The molecule has 2 N–H and O–H groups in total. The molecule has 2 amide bonds. The van der Waals surface area contributed by atoms with Crippen LogP contribution in [-0.4, -0.2) is 42.1 Å². The van der Waals surface area contributed by atoms with Crippen molar-refractivity contribution in [3.05, 3.63) is 16.1 Å². The molecular formula is C15H26N4OS. The number of thiazole rings is 1. The van der Waals surface area contributed by atoms with Gasteiger partial charge in [-0.2, -0.15) is 0 Å². The summed E-state index contributed by atoms with van der Waals surface area (Å²) < 4.78 is 0. The van der Waals surface area contributed by atoms with E-state index in [0.717, 1.165) is 36.1 Å². The van der Waals surface area contributed by atoms with Gasteiger partial charge in [0.2, 0.25) is 0 Å². The van der Waals surface area contributed by atoms with Crippen molar-refractivity contribution in [3.8, 4) is 0 Å². The Labute approximate surface area is 131 Å². The van der Waals surface area contributed by atoms with Crippen molar-refractivity contribution in [2.24, 2.45) is 5.92 Å². The second-order valence-electron chi connectivity index (χ2n) is 5.87. The Hall–Kier alpha value is -1.14. The normalized spacial score (nSPS) is 19.4. The highest BCUT2D eigenvalue weighted by molar-refractivity contribution is 7.09. The maximum atomic E-state index is 11.7. The van der Waals surface area contributed by atoms with Crippen LogP contribution >= 0.6 is 11.3 Å². The Bertz CT molecular complexity index is 449. The number of urea groups is 1. The summed E-state index contributed by atoms with van der Waals surface area (Å²) in [5, 5.41) is 8.76. The predicted octanol–water partition coefficient (Wildman–Crippen LogP) is 2.37. The van der Waals surface area contributed by atoms with Gasteiger partial charge in [0.15, 0.2) is 0 Å². The maximum Gasteiger partial charge on any atom is 0.315 e. The molecule has 1 aromatic rings. The summed E-state index contributed by atoms with van der Waals surface area (Å²) in [5.41, 5.74) is 0.926. The van der Waals surface area contributed by atoms with Gasteiger partial charge < -0.3 is 15.5 Å². The van der Waals surface area contributed by atoms with Gasteiger partial charge in [-0.3, -0.25) is 0 Å². The first kappa shape index (κ1) is 16.2. The van der Waals surface area contributed by atoms with E-state index in [4.69, 9.17) is 0 Å². The SMILES string of the molecule is Cc1nc(CNC(=O)NCCCN2CCC[C@@H](C)C2)cs1. The summed E-state index contributed by atoms with van der Waals surface area (Å²) in [6.45, 7) is 9.01. The second-order valence-corrected chi connectivity index (χ2v) is 6.93. The summed E-state index contributed by atoms with van der Waals surface area (Å²) in [7, 11) is 0. The molecule has 1 aliphatic rings. The largest absolute Gasteiger partial charge is 0.338 e. The fourth-order valence-electron chi connectivity index (χ4n) is 2.72. The van der Waals surface area contributed by atoms with E-state index in [0.29, 0.717) is 6.54 Å². The average molecular weight is 310 g/mol. The number of piperidine rings is 1. The maximum absolute atomic E-state index is 11.7. The molecule has 1 aromatic heterocycles. The number of amides is 2. The fraction of sp³-hybridized carbons (Fsp3) is 0.733. The van der Waals surface area contributed by atoms with Crippen molar-refractivity contribution in [1.29, 1.82) is 0 Å². The summed E-state index contributed by atoms with van der Waals surface area (Å²) in [5.74, 6) is 0.816.